The number of ether oxygens (including phenoxy) is 1. The number of rotatable bonds is 7. The lowest BCUT2D eigenvalue weighted by molar-refractivity contribution is -0.113. The van der Waals surface area contributed by atoms with Crippen molar-refractivity contribution in [2.24, 2.45) is 0 Å². The van der Waals surface area contributed by atoms with Crippen LogP contribution in [0.4, 0.5) is 5.69 Å². The molecule has 6 nitrogen and oxygen atoms in total. The molecular formula is C19H22N4O2S. The van der Waals surface area contributed by atoms with E-state index in [0.717, 1.165) is 35.6 Å². The molecule has 0 saturated heterocycles. The Morgan fingerprint density at radius 2 is 2.12 bits per heavy atom. The highest BCUT2D eigenvalue weighted by molar-refractivity contribution is 7.99. The van der Waals surface area contributed by atoms with E-state index in [2.05, 4.69) is 27.6 Å². The molecule has 1 aliphatic heterocycles. The average Bonchev–Trinajstić information content (AvgIpc) is 3.20. The Morgan fingerprint density at radius 1 is 1.31 bits per heavy atom. The molecule has 1 amide bonds. The van der Waals surface area contributed by atoms with Gasteiger partial charge in [0.15, 0.2) is 17.1 Å². The zero-order chi connectivity index (χ0) is 17.9. The number of carbonyl (C=O) groups is 1. The Hall–Kier alpha value is -2.28. The number of amides is 1. The lowest BCUT2D eigenvalue weighted by Gasteiger charge is -2.12. The van der Waals surface area contributed by atoms with Crippen molar-refractivity contribution in [3.8, 4) is 0 Å². The number of benzene rings is 1. The highest BCUT2D eigenvalue weighted by atomic mass is 32.2. The van der Waals surface area contributed by atoms with Crippen LogP contribution in [0.15, 0.2) is 41.8 Å². The van der Waals surface area contributed by atoms with Gasteiger partial charge in [-0.05, 0) is 49.5 Å². The molecular weight excluding hydrogens is 348 g/mol. The van der Waals surface area contributed by atoms with Gasteiger partial charge in [-0.2, -0.15) is 0 Å². The van der Waals surface area contributed by atoms with E-state index < -0.39 is 0 Å². The van der Waals surface area contributed by atoms with Crippen LogP contribution in [-0.4, -0.2) is 26.4 Å². The van der Waals surface area contributed by atoms with Gasteiger partial charge >= 0.3 is 0 Å². The predicted octanol–water partition coefficient (Wildman–Crippen LogP) is 3.88. The predicted molar refractivity (Wildman–Crippen MR) is 101 cm³/mol. The second-order valence-corrected chi connectivity index (χ2v) is 7.49. The molecule has 0 radical (unpaired) electrons. The van der Waals surface area contributed by atoms with Gasteiger partial charge < -0.3 is 14.6 Å². The first-order valence-corrected chi connectivity index (χ1v) is 9.99. The summed E-state index contributed by atoms with van der Waals surface area (Å²) in [6.07, 6.45) is 6.98. The number of nitrogens with one attached hydrogen (secondary N) is 1. The van der Waals surface area contributed by atoms with E-state index in [0.29, 0.717) is 5.75 Å². The molecule has 1 aromatic heterocycles. The molecule has 7 heteroatoms. The first-order valence-electron chi connectivity index (χ1n) is 9.00. The first kappa shape index (κ1) is 17.1. The number of aromatic nitrogens is 3. The largest absolute Gasteiger partial charge is 0.490 e. The SMILES string of the molecule is CCn1c(SCC(=O)Nc2ccc(C3CC3)cc2)nnc1C1CC=CO1. The number of hydrogen-bond acceptors (Lipinski definition) is 5. The second-order valence-electron chi connectivity index (χ2n) is 6.55. The topological polar surface area (TPSA) is 69.0 Å². The van der Waals surface area contributed by atoms with E-state index in [-0.39, 0.29) is 12.0 Å². The van der Waals surface area contributed by atoms with Crippen LogP contribution in [0.2, 0.25) is 0 Å². The average molecular weight is 370 g/mol. The molecule has 4 rings (SSSR count). The fourth-order valence-electron chi connectivity index (χ4n) is 3.08. The molecule has 26 heavy (non-hydrogen) atoms. The van der Waals surface area contributed by atoms with Crippen molar-refractivity contribution in [2.75, 3.05) is 11.1 Å². The molecule has 2 aliphatic rings. The number of nitrogens with zero attached hydrogens (tertiary/aromatic N) is 3. The van der Waals surface area contributed by atoms with E-state index in [4.69, 9.17) is 4.74 Å². The van der Waals surface area contributed by atoms with E-state index in [1.807, 2.05) is 29.7 Å². The normalized spacial score (nSPS) is 18.7. The maximum atomic E-state index is 12.3. The highest BCUT2D eigenvalue weighted by Crippen LogP contribution is 2.40. The first-order chi connectivity index (χ1) is 12.7. The van der Waals surface area contributed by atoms with Crippen LogP contribution in [0.3, 0.4) is 0 Å². The molecule has 0 spiro atoms. The van der Waals surface area contributed by atoms with Crippen LogP contribution in [-0.2, 0) is 16.1 Å². The minimum atomic E-state index is -0.0735. The summed E-state index contributed by atoms with van der Waals surface area (Å²) >= 11 is 1.40. The molecule has 2 heterocycles. The van der Waals surface area contributed by atoms with Crippen LogP contribution in [0.25, 0.3) is 0 Å². The highest BCUT2D eigenvalue weighted by Gasteiger charge is 2.24. The maximum Gasteiger partial charge on any atom is 0.234 e. The Balaban J connectivity index is 1.33. The summed E-state index contributed by atoms with van der Waals surface area (Å²) in [6, 6.07) is 8.17. The quantitative estimate of drug-likeness (QED) is 0.749. The zero-order valence-corrected chi connectivity index (χ0v) is 15.5. The summed E-state index contributed by atoms with van der Waals surface area (Å²) in [5.74, 6) is 1.80. The second kappa shape index (κ2) is 7.53. The van der Waals surface area contributed by atoms with Gasteiger partial charge in [0.05, 0.1) is 12.0 Å². The van der Waals surface area contributed by atoms with Crippen molar-refractivity contribution in [1.82, 2.24) is 14.8 Å². The van der Waals surface area contributed by atoms with E-state index in [1.54, 1.807) is 6.26 Å². The minimum absolute atomic E-state index is 0.0415. The van der Waals surface area contributed by atoms with Gasteiger partial charge in [-0.25, -0.2) is 0 Å². The van der Waals surface area contributed by atoms with Crippen molar-refractivity contribution >= 4 is 23.4 Å². The van der Waals surface area contributed by atoms with Gasteiger partial charge in [0, 0.05) is 18.7 Å². The minimum Gasteiger partial charge on any atom is -0.490 e. The van der Waals surface area contributed by atoms with Crippen LogP contribution < -0.4 is 5.32 Å². The Bertz CT molecular complexity index is 803. The Morgan fingerprint density at radius 3 is 2.77 bits per heavy atom. The molecule has 136 valence electrons. The number of hydrogen-bond donors (Lipinski definition) is 1. The van der Waals surface area contributed by atoms with E-state index in [9.17, 15) is 4.79 Å². The monoisotopic (exact) mass is 370 g/mol. The molecule has 1 aliphatic carbocycles. The summed E-state index contributed by atoms with van der Waals surface area (Å²) in [7, 11) is 0. The molecule has 1 atom stereocenters. The molecule has 1 N–H and O–H groups in total. The van der Waals surface area contributed by atoms with Crippen LogP contribution in [0.1, 0.15) is 49.6 Å². The van der Waals surface area contributed by atoms with Crippen LogP contribution in [0, 0.1) is 0 Å². The van der Waals surface area contributed by atoms with Crippen molar-refractivity contribution in [3.63, 3.8) is 0 Å². The van der Waals surface area contributed by atoms with Crippen LogP contribution >= 0.6 is 11.8 Å². The third-order valence-electron chi connectivity index (χ3n) is 4.61. The standard InChI is InChI=1S/C19H22N4O2S/c1-2-23-18(16-4-3-11-25-16)21-22-19(23)26-12-17(24)20-15-9-7-14(8-10-15)13-5-6-13/h3,7-11,13,16H,2,4-6,12H2,1H3,(H,20,24). The lowest BCUT2D eigenvalue weighted by Crippen LogP contribution is -2.15. The van der Waals surface area contributed by atoms with Crippen molar-refractivity contribution < 1.29 is 9.53 Å². The summed E-state index contributed by atoms with van der Waals surface area (Å²) < 4.78 is 7.55. The fraction of sp³-hybridized carbons (Fsp3) is 0.421. The van der Waals surface area contributed by atoms with Crippen LogP contribution in [0.5, 0.6) is 0 Å². The van der Waals surface area contributed by atoms with Gasteiger partial charge in [0.25, 0.3) is 0 Å². The number of anilines is 1. The van der Waals surface area contributed by atoms with Gasteiger partial charge in [-0.1, -0.05) is 23.9 Å². The van der Waals surface area contributed by atoms with E-state index in [1.165, 1.54) is 30.2 Å². The van der Waals surface area contributed by atoms with Gasteiger partial charge in [-0.3, -0.25) is 4.79 Å². The Kier molecular flexibility index (Phi) is 4.97. The molecule has 2 aromatic rings. The molecule has 1 saturated carbocycles. The Labute approximate surface area is 157 Å². The zero-order valence-electron chi connectivity index (χ0n) is 14.7. The summed E-state index contributed by atoms with van der Waals surface area (Å²) in [6.45, 7) is 2.79. The van der Waals surface area contributed by atoms with Gasteiger partial charge in [-0.15, -0.1) is 10.2 Å². The van der Waals surface area contributed by atoms with E-state index >= 15 is 0 Å². The molecule has 1 unspecified atom stereocenters. The van der Waals surface area contributed by atoms with Gasteiger partial charge in [0.1, 0.15) is 0 Å². The number of thioether (sulfide) groups is 1. The molecule has 1 aromatic carbocycles. The molecule has 1 fully saturated rings. The third-order valence-corrected chi connectivity index (χ3v) is 5.58. The van der Waals surface area contributed by atoms with Gasteiger partial charge in [0.2, 0.25) is 5.91 Å². The summed E-state index contributed by atoms with van der Waals surface area (Å²) in [5, 5.41) is 12.2. The lowest BCUT2D eigenvalue weighted by atomic mass is 10.1. The smallest absolute Gasteiger partial charge is 0.234 e. The number of carbonyl (C=O) groups excluding carboxylic acids is 1. The van der Waals surface area contributed by atoms with Crippen molar-refractivity contribution in [2.45, 2.75) is 49.9 Å². The van der Waals surface area contributed by atoms with Crippen molar-refractivity contribution in [3.05, 3.63) is 48.0 Å². The maximum absolute atomic E-state index is 12.3. The summed E-state index contributed by atoms with van der Waals surface area (Å²) in [4.78, 5) is 12.3. The third kappa shape index (κ3) is 3.77. The fourth-order valence-corrected chi connectivity index (χ4v) is 3.89. The molecule has 0 bridgehead atoms. The van der Waals surface area contributed by atoms with Crippen molar-refractivity contribution in [1.29, 1.82) is 0 Å². The summed E-state index contributed by atoms with van der Waals surface area (Å²) in [5.41, 5.74) is 2.20.